The van der Waals surface area contributed by atoms with Gasteiger partial charge >= 0.3 is 0 Å². The fraction of sp³-hybridized carbons (Fsp3) is 0.429. The molecule has 4 heteroatoms. The van der Waals surface area contributed by atoms with E-state index >= 15 is 0 Å². The van der Waals surface area contributed by atoms with E-state index < -0.39 is 0 Å². The third-order valence-electron chi connectivity index (χ3n) is 2.88. The zero-order chi connectivity index (χ0) is 13.0. The summed E-state index contributed by atoms with van der Waals surface area (Å²) in [5.74, 6) is 0.689. The third-order valence-corrected chi connectivity index (χ3v) is 2.88. The summed E-state index contributed by atoms with van der Waals surface area (Å²) in [6.07, 6.45) is 3.90. The molecule has 4 nitrogen and oxygen atoms in total. The summed E-state index contributed by atoms with van der Waals surface area (Å²) in [7, 11) is 0. The predicted molar refractivity (Wildman–Crippen MR) is 74.3 cm³/mol. The molecule has 18 heavy (non-hydrogen) atoms. The number of pyridine rings is 2. The first kappa shape index (κ1) is 12.6. The van der Waals surface area contributed by atoms with Crippen LogP contribution in [0, 0.1) is 5.92 Å². The standard InChI is InChI=1S/C14H19N3O/c1-11(2)5-3-10-16-17-13(18)8-7-12-6-4-9-15-14(12)17/h4,6-9,11,16H,3,5,10H2,1-2H3. The van der Waals surface area contributed by atoms with Crippen LogP contribution in [0.4, 0.5) is 0 Å². The molecule has 0 aliphatic heterocycles. The van der Waals surface area contributed by atoms with Crippen molar-refractivity contribution >= 4 is 11.0 Å². The molecule has 0 bridgehead atoms. The Bertz CT molecular complexity index is 575. The van der Waals surface area contributed by atoms with Crippen LogP contribution < -0.4 is 11.0 Å². The van der Waals surface area contributed by atoms with Crippen molar-refractivity contribution in [3.05, 3.63) is 40.8 Å². The minimum Gasteiger partial charge on any atom is -0.321 e. The van der Waals surface area contributed by atoms with Gasteiger partial charge in [0, 0.05) is 24.2 Å². The molecule has 0 aliphatic rings. The lowest BCUT2D eigenvalue weighted by atomic mass is 10.1. The van der Waals surface area contributed by atoms with Gasteiger partial charge in [0.15, 0.2) is 5.65 Å². The molecule has 0 aromatic carbocycles. The van der Waals surface area contributed by atoms with Crippen molar-refractivity contribution in [2.75, 3.05) is 12.0 Å². The Kier molecular flexibility index (Phi) is 3.97. The van der Waals surface area contributed by atoms with Gasteiger partial charge in [-0.3, -0.25) is 4.79 Å². The van der Waals surface area contributed by atoms with Crippen molar-refractivity contribution in [3.63, 3.8) is 0 Å². The third kappa shape index (κ3) is 2.88. The molecular weight excluding hydrogens is 226 g/mol. The van der Waals surface area contributed by atoms with Crippen LogP contribution in [0.25, 0.3) is 11.0 Å². The highest BCUT2D eigenvalue weighted by Gasteiger charge is 2.02. The maximum absolute atomic E-state index is 11.8. The van der Waals surface area contributed by atoms with Crippen LogP contribution in [0.1, 0.15) is 26.7 Å². The van der Waals surface area contributed by atoms with Gasteiger partial charge in [0.2, 0.25) is 0 Å². The average molecular weight is 245 g/mol. The molecule has 1 N–H and O–H groups in total. The molecule has 2 aromatic rings. The molecule has 0 spiro atoms. The SMILES string of the molecule is CC(C)CCCNn1c(=O)ccc2cccnc21. The van der Waals surface area contributed by atoms with Gasteiger partial charge in [-0.1, -0.05) is 13.8 Å². The second-order valence-electron chi connectivity index (χ2n) is 4.87. The Hall–Kier alpha value is -1.84. The number of nitrogens with zero attached hydrogens (tertiary/aromatic N) is 2. The highest BCUT2D eigenvalue weighted by Crippen LogP contribution is 2.07. The van der Waals surface area contributed by atoms with Crippen LogP contribution in [-0.4, -0.2) is 16.2 Å². The maximum atomic E-state index is 11.8. The van der Waals surface area contributed by atoms with E-state index in [0.29, 0.717) is 11.6 Å². The fourth-order valence-corrected chi connectivity index (χ4v) is 1.92. The van der Waals surface area contributed by atoms with Crippen LogP contribution >= 0.6 is 0 Å². The summed E-state index contributed by atoms with van der Waals surface area (Å²) < 4.78 is 1.54. The number of fused-ring (bicyclic) bond motifs is 1. The van der Waals surface area contributed by atoms with Gasteiger partial charge in [-0.2, -0.15) is 0 Å². The first-order chi connectivity index (χ1) is 8.68. The second kappa shape index (κ2) is 5.67. The molecule has 2 rings (SSSR count). The Morgan fingerprint density at radius 3 is 2.94 bits per heavy atom. The van der Waals surface area contributed by atoms with E-state index in [0.717, 1.165) is 24.8 Å². The smallest absolute Gasteiger partial charge is 0.270 e. The number of aromatic nitrogens is 2. The van der Waals surface area contributed by atoms with Gasteiger partial charge in [-0.25, -0.2) is 9.66 Å². The molecule has 0 fully saturated rings. The Labute approximate surface area is 107 Å². The van der Waals surface area contributed by atoms with Crippen molar-refractivity contribution in [2.45, 2.75) is 26.7 Å². The van der Waals surface area contributed by atoms with E-state index in [1.807, 2.05) is 12.1 Å². The normalized spacial score (nSPS) is 11.1. The van der Waals surface area contributed by atoms with E-state index in [1.54, 1.807) is 18.3 Å². The zero-order valence-corrected chi connectivity index (χ0v) is 10.9. The number of rotatable bonds is 5. The van der Waals surface area contributed by atoms with Gasteiger partial charge < -0.3 is 5.43 Å². The van der Waals surface area contributed by atoms with Crippen LogP contribution in [0.5, 0.6) is 0 Å². The van der Waals surface area contributed by atoms with Crippen LogP contribution in [0.3, 0.4) is 0 Å². The Balaban J connectivity index is 2.16. The molecule has 0 unspecified atom stereocenters. The van der Waals surface area contributed by atoms with Crippen molar-refractivity contribution in [3.8, 4) is 0 Å². The van der Waals surface area contributed by atoms with Gasteiger partial charge in [0.1, 0.15) is 0 Å². The second-order valence-corrected chi connectivity index (χ2v) is 4.87. The van der Waals surface area contributed by atoms with E-state index in [2.05, 4.69) is 24.3 Å². The molecule has 0 amide bonds. The highest BCUT2D eigenvalue weighted by molar-refractivity contribution is 5.74. The van der Waals surface area contributed by atoms with Gasteiger partial charge in [0.25, 0.3) is 5.56 Å². The van der Waals surface area contributed by atoms with Crippen molar-refractivity contribution in [1.82, 2.24) is 9.66 Å². The minimum atomic E-state index is -0.0641. The van der Waals surface area contributed by atoms with E-state index in [-0.39, 0.29) is 5.56 Å². The first-order valence-corrected chi connectivity index (χ1v) is 6.39. The molecule has 96 valence electrons. The summed E-state index contributed by atoms with van der Waals surface area (Å²) >= 11 is 0. The lowest BCUT2D eigenvalue weighted by Gasteiger charge is -2.12. The van der Waals surface area contributed by atoms with E-state index in [4.69, 9.17) is 0 Å². The minimum absolute atomic E-state index is 0.0641. The van der Waals surface area contributed by atoms with Gasteiger partial charge in [-0.15, -0.1) is 0 Å². The summed E-state index contributed by atoms with van der Waals surface area (Å²) in [6.45, 7) is 5.19. The maximum Gasteiger partial charge on any atom is 0.270 e. The molecule has 2 aromatic heterocycles. The average Bonchev–Trinajstić information content (AvgIpc) is 2.36. The largest absolute Gasteiger partial charge is 0.321 e. The topological polar surface area (TPSA) is 46.9 Å². The molecule has 0 atom stereocenters. The molecular formula is C14H19N3O. The highest BCUT2D eigenvalue weighted by atomic mass is 16.1. The van der Waals surface area contributed by atoms with Crippen LogP contribution in [0.2, 0.25) is 0 Å². The number of hydrogen-bond acceptors (Lipinski definition) is 3. The van der Waals surface area contributed by atoms with Crippen molar-refractivity contribution in [2.24, 2.45) is 5.92 Å². The molecule has 2 heterocycles. The van der Waals surface area contributed by atoms with Crippen molar-refractivity contribution in [1.29, 1.82) is 0 Å². The molecule has 0 radical (unpaired) electrons. The summed E-state index contributed by atoms with van der Waals surface area (Å²) in [5, 5.41) is 0.966. The van der Waals surface area contributed by atoms with Gasteiger partial charge in [-0.05, 0) is 37.0 Å². The number of hydrogen-bond donors (Lipinski definition) is 1. The summed E-state index contributed by atoms with van der Waals surface area (Å²) in [6, 6.07) is 7.19. The first-order valence-electron chi connectivity index (χ1n) is 6.39. The molecule has 0 saturated carbocycles. The zero-order valence-electron chi connectivity index (χ0n) is 10.9. The Morgan fingerprint density at radius 2 is 2.17 bits per heavy atom. The summed E-state index contributed by atoms with van der Waals surface area (Å²) in [5.41, 5.74) is 3.78. The van der Waals surface area contributed by atoms with Crippen molar-refractivity contribution < 1.29 is 0 Å². The fourth-order valence-electron chi connectivity index (χ4n) is 1.92. The van der Waals surface area contributed by atoms with Crippen LogP contribution in [0.15, 0.2) is 35.3 Å². The monoisotopic (exact) mass is 245 g/mol. The number of nitrogens with one attached hydrogen (secondary N) is 1. The summed E-state index contributed by atoms with van der Waals surface area (Å²) in [4.78, 5) is 16.1. The predicted octanol–water partition coefficient (Wildman–Crippen LogP) is 2.38. The Morgan fingerprint density at radius 1 is 1.33 bits per heavy atom. The molecule has 0 aliphatic carbocycles. The quantitative estimate of drug-likeness (QED) is 0.823. The van der Waals surface area contributed by atoms with Crippen LogP contribution in [-0.2, 0) is 0 Å². The lowest BCUT2D eigenvalue weighted by molar-refractivity contribution is 0.558. The van der Waals surface area contributed by atoms with E-state index in [9.17, 15) is 4.79 Å². The lowest BCUT2D eigenvalue weighted by Crippen LogP contribution is -2.29. The molecule has 0 saturated heterocycles. The van der Waals surface area contributed by atoms with E-state index in [1.165, 1.54) is 4.68 Å². The van der Waals surface area contributed by atoms with Gasteiger partial charge in [0.05, 0.1) is 0 Å².